The van der Waals surface area contributed by atoms with Gasteiger partial charge in [-0.25, -0.2) is 0 Å². The van der Waals surface area contributed by atoms with Crippen LogP contribution in [-0.2, 0) is 11.3 Å². The molecule has 0 aliphatic carbocycles. The van der Waals surface area contributed by atoms with Gasteiger partial charge in [-0.2, -0.15) is 0 Å². The number of hydrogen-bond donors (Lipinski definition) is 0. The number of nitrogens with zero attached hydrogens (tertiary/aromatic N) is 1. The molecule has 0 fully saturated rings. The summed E-state index contributed by atoms with van der Waals surface area (Å²) in [5.74, 6) is 0.709. The van der Waals surface area contributed by atoms with Gasteiger partial charge in [-0.15, -0.1) is 11.3 Å². The van der Waals surface area contributed by atoms with Crippen molar-refractivity contribution < 1.29 is 4.79 Å². The van der Waals surface area contributed by atoms with Crippen molar-refractivity contribution in [1.82, 2.24) is 4.90 Å². The van der Waals surface area contributed by atoms with E-state index >= 15 is 0 Å². The fourth-order valence-corrected chi connectivity index (χ4v) is 2.59. The van der Waals surface area contributed by atoms with Crippen LogP contribution in [0.1, 0.15) is 32.3 Å². The number of thiophene rings is 1. The Kier molecular flexibility index (Phi) is 5.49. The van der Waals surface area contributed by atoms with Gasteiger partial charge < -0.3 is 4.90 Å². The third kappa shape index (κ3) is 4.26. The molecular formula is C12H18BrNOS. The fourth-order valence-electron chi connectivity index (χ4n) is 1.39. The van der Waals surface area contributed by atoms with Crippen LogP contribution >= 0.6 is 27.3 Å². The van der Waals surface area contributed by atoms with Crippen molar-refractivity contribution in [3.63, 3.8) is 0 Å². The molecule has 1 amide bonds. The lowest BCUT2D eigenvalue weighted by Gasteiger charge is -2.18. The van der Waals surface area contributed by atoms with Gasteiger partial charge in [0, 0.05) is 20.0 Å². The second kappa shape index (κ2) is 6.40. The highest BCUT2D eigenvalue weighted by Crippen LogP contribution is 2.21. The number of carbonyl (C=O) groups excluding carboxylic acids is 1. The van der Waals surface area contributed by atoms with Gasteiger partial charge in [0.1, 0.15) is 0 Å². The van der Waals surface area contributed by atoms with E-state index in [4.69, 9.17) is 0 Å². The molecule has 0 N–H and O–H groups in total. The standard InChI is InChI=1S/C12H18BrNOS/c1-4-9(2)5-12(15)14(3)7-10-6-11(13)16-8-10/h6,8-9H,4-5,7H2,1-3H3. The number of halogens is 1. The molecule has 0 bridgehead atoms. The first kappa shape index (κ1) is 13.7. The molecule has 90 valence electrons. The van der Waals surface area contributed by atoms with Gasteiger partial charge in [0.15, 0.2) is 0 Å². The SMILES string of the molecule is CCC(C)CC(=O)N(C)Cc1csc(Br)c1. The first-order chi connectivity index (χ1) is 7.52. The molecule has 1 aromatic rings. The summed E-state index contributed by atoms with van der Waals surface area (Å²) in [6, 6.07) is 2.07. The molecule has 2 nitrogen and oxygen atoms in total. The maximum atomic E-state index is 11.8. The van der Waals surface area contributed by atoms with E-state index in [1.165, 1.54) is 5.56 Å². The van der Waals surface area contributed by atoms with E-state index in [9.17, 15) is 4.79 Å². The molecule has 1 heterocycles. The average Bonchev–Trinajstić information content (AvgIpc) is 2.63. The lowest BCUT2D eigenvalue weighted by molar-refractivity contribution is -0.131. The van der Waals surface area contributed by atoms with Crippen molar-refractivity contribution >= 4 is 33.2 Å². The fraction of sp³-hybridized carbons (Fsp3) is 0.583. The number of hydrogen-bond acceptors (Lipinski definition) is 2. The van der Waals surface area contributed by atoms with Crippen molar-refractivity contribution in [2.75, 3.05) is 7.05 Å². The maximum Gasteiger partial charge on any atom is 0.222 e. The van der Waals surface area contributed by atoms with E-state index in [-0.39, 0.29) is 5.91 Å². The molecule has 0 aliphatic heterocycles. The highest BCUT2D eigenvalue weighted by molar-refractivity contribution is 9.11. The van der Waals surface area contributed by atoms with Crippen LogP contribution in [0, 0.1) is 5.92 Å². The Hall–Kier alpha value is -0.350. The Balaban J connectivity index is 2.45. The summed E-state index contributed by atoms with van der Waals surface area (Å²) in [4.78, 5) is 13.6. The quantitative estimate of drug-likeness (QED) is 0.808. The molecule has 0 saturated carbocycles. The van der Waals surface area contributed by atoms with Crippen molar-refractivity contribution in [2.45, 2.75) is 33.2 Å². The van der Waals surface area contributed by atoms with Crippen molar-refractivity contribution in [3.8, 4) is 0 Å². The normalized spacial score (nSPS) is 12.5. The molecular weight excluding hydrogens is 286 g/mol. The Labute approximate surface area is 110 Å². The summed E-state index contributed by atoms with van der Waals surface area (Å²) in [6.07, 6.45) is 1.71. The number of carbonyl (C=O) groups is 1. The minimum absolute atomic E-state index is 0.233. The van der Waals surface area contributed by atoms with Gasteiger partial charge >= 0.3 is 0 Å². The largest absolute Gasteiger partial charge is 0.341 e. The van der Waals surface area contributed by atoms with Gasteiger partial charge in [-0.05, 0) is 38.9 Å². The van der Waals surface area contributed by atoms with E-state index in [2.05, 4.69) is 41.2 Å². The first-order valence-electron chi connectivity index (χ1n) is 5.49. The average molecular weight is 304 g/mol. The van der Waals surface area contributed by atoms with Crippen LogP contribution in [0.3, 0.4) is 0 Å². The Morgan fingerprint density at radius 3 is 2.81 bits per heavy atom. The van der Waals surface area contributed by atoms with Gasteiger partial charge in [-0.1, -0.05) is 20.3 Å². The molecule has 0 aliphatic rings. The molecule has 0 spiro atoms. The number of rotatable bonds is 5. The van der Waals surface area contributed by atoms with Gasteiger partial charge in [-0.3, -0.25) is 4.79 Å². The molecule has 1 atom stereocenters. The molecule has 4 heteroatoms. The summed E-state index contributed by atoms with van der Waals surface area (Å²) in [5.41, 5.74) is 1.19. The van der Waals surface area contributed by atoms with Crippen LogP contribution in [0.2, 0.25) is 0 Å². The van der Waals surface area contributed by atoms with E-state index in [0.717, 1.165) is 10.2 Å². The second-order valence-corrected chi connectivity index (χ2v) is 6.52. The molecule has 1 unspecified atom stereocenters. The zero-order valence-electron chi connectivity index (χ0n) is 10.00. The predicted molar refractivity (Wildman–Crippen MR) is 72.6 cm³/mol. The zero-order valence-corrected chi connectivity index (χ0v) is 12.4. The zero-order chi connectivity index (χ0) is 12.1. The second-order valence-electron chi connectivity index (χ2n) is 4.23. The third-order valence-corrected chi connectivity index (χ3v) is 4.24. The van der Waals surface area contributed by atoms with Crippen molar-refractivity contribution in [3.05, 3.63) is 20.8 Å². The Morgan fingerprint density at radius 1 is 1.62 bits per heavy atom. The predicted octanol–water partition coefficient (Wildman–Crippen LogP) is 3.91. The molecule has 1 aromatic heterocycles. The summed E-state index contributed by atoms with van der Waals surface area (Å²) in [5, 5.41) is 2.08. The molecule has 0 aromatic carbocycles. The number of amides is 1. The third-order valence-electron chi connectivity index (χ3n) is 2.69. The van der Waals surface area contributed by atoms with Gasteiger partial charge in [0.05, 0.1) is 3.79 Å². The topological polar surface area (TPSA) is 20.3 Å². The highest BCUT2D eigenvalue weighted by Gasteiger charge is 2.12. The molecule has 16 heavy (non-hydrogen) atoms. The summed E-state index contributed by atoms with van der Waals surface area (Å²) in [6.45, 7) is 4.94. The van der Waals surface area contributed by atoms with Crippen LogP contribution in [0.15, 0.2) is 15.2 Å². The smallest absolute Gasteiger partial charge is 0.222 e. The van der Waals surface area contributed by atoms with E-state index in [1.807, 2.05) is 7.05 Å². The van der Waals surface area contributed by atoms with Crippen molar-refractivity contribution in [2.24, 2.45) is 5.92 Å². The van der Waals surface area contributed by atoms with Crippen LogP contribution in [-0.4, -0.2) is 17.9 Å². The van der Waals surface area contributed by atoms with E-state index < -0.39 is 0 Å². The molecule has 0 saturated heterocycles. The summed E-state index contributed by atoms with van der Waals surface area (Å²) >= 11 is 5.08. The molecule has 0 radical (unpaired) electrons. The van der Waals surface area contributed by atoms with Crippen molar-refractivity contribution in [1.29, 1.82) is 0 Å². The van der Waals surface area contributed by atoms with Crippen LogP contribution in [0.5, 0.6) is 0 Å². The van der Waals surface area contributed by atoms with Gasteiger partial charge in [0.2, 0.25) is 5.91 Å². The maximum absolute atomic E-state index is 11.8. The van der Waals surface area contributed by atoms with Crippen LogP contribution in [0.4, 0.5) is 0 Å². The van der Waals surface area contributed by atoms with Crippen LogP contribution in [0.25, 0.3) is 0 Å². The van der Waals surface area contributed by atoms with E-state index in [0.29, 0.717) is 18.9 Å². The Morgan fingerprint density at radius 2 is 2.31 bits per heavy atom. The monoisotopic (exact) mass is 303 g/mol. The Bertz CT molecular complexity index is 351. The lowest BCUT2D eigenvalue weighted by atomic mass is 10.0. The highest BCUT2D eigenvalue weighted by atomic mass is 79.9. The molecule has 1 rings (SSSR count). The van der Waals surface area contributed by atoms with Crippen LogP contribution < -0.4 is 0 Å². The summed E-state index contributed by atoms with van der Waals surface area (Å²) in [7, 11) is 1.87. The minimum Gasteiger partial charge on any atom is -0.341 e. The first-order valence-corrected chi connectivity index (χ1v) is 7.17. The van der Waals surface area contributed by atoms with E-state index in [1.54, 1.807) is 16.2 Å². The minimum atomic E-state index is 0.233. The summed E-state index contributed by atoms with van der Waals surface area (Å²) < 4.78 is 1.12. The lowest BCUT2D eigenvalue weighted by Crippen LogP contribution is -2.27. The van der Waals surface area contributed by atoms with Gasteiger partial charge in [0.25, 0.3) is 0 Å².